The van der Waals surface area contributed by atoms with Crippen LogP contribution in [0, 0.1) is 11.8 Å². The molecule has 4 rings (SSSR count). The van der Waals surface area contributed by atoms with Gasteiger partial charge in [-0.3, -0.25) is 9.20 Å². The van der Waals surface area contributed by atoms with Crippen molar-refractivity contribution in [2.45, 2.75) is 30.3 Å². The van der Waals surface area contributed by atoms with E-state index in [0.29, 0.717) is 35.8 Å². The number of nitrogens with one attached hydrogen (secondary N) is 1. The van der Waals surface area contributed by atoms with Gasteiger partial charge in [-0.1, -0.05) is 31.7 Å². The van der Waals surface area contributed by atoms with Crippen molar-refractivity contribution in [1.29, 1.82) is 0 Å². The SMILES string of the molecule is CC1CC(C)CN(S(=O)(=O)c2ccc(NC(=O)CSc3nnc4ccccn34)cc2)C1. The van der Waals surface area contributed by atoms with E-state index in [1.54, 1.807) is 28.6 Å². The quantitative estimate of drug-likeness (QED) is 0.569. The molecule has 31 heavy (non-hydrogen) atoms. The molecule has 0 aliphatic carbocycles. The van der Waals surface area contributed by atoms with Gasteiger partial charge in [-0.15, -0.1) is 10.2 Å². The van der Waals surface area contributed by atoms with Crippen LogP contribution in [0.5, 0.6) is 0 Å². The molecule has 0 spiro atoms. The number of piperidine rings is 1. The van der Waals surface area contributed by atoms with Crippen molar-refractivity contribution in [3.05, 3.63) is 48.7 Å². The van der Waals surface area contributed by atoms with Gasteiger partial charge in [0.1, 0.15) is 0 Å². The number of rotatable bonds is 6. The van der Waals surface area contributed by atoms with Gasteiger partial charge in [0.2, 0.25) is 15.9 Å². The summed E-state index contributed by atoms with van der Waals surface area (Å²) in [5, 5.41) is 11.6. The molecule has 2 aromatic heterocycles. The molecule has 0 radical (unpaired) electrons. The molecular weight excluding hydrogens is 434 g/mol. The van der Waals surface area contributed by atoms with Crippen LogP contribution in [-0.2, 0) is 14.8 Å². The molecule has 1 aliphatic rings. The van der Waals surface area contributed by atoms with Crippen LogP contribution in [0.4, 0.5) is 5.69 Å². The Morgan fingerprint density at radius 2 is 1.81 bits per heavy atom. The third kappa shape index (κ3) is 4.91. The maximum Gasteiger partial charge on any atom is 0.243 e. The molecule has 1 saturated heterocycles. The highest BCUT2D eigenvalue weighted by Crippen LogP contribution is 2.27. The van der Waals surface area contributed by atoms with Crippen LogP contribution < -0.4 is 5.32 Å². The van der Waals surface area contributed by atoms with E-state index >= 15 is 0 Å². The molecule has 1 fully saturated rings. The van der Waals surface area contributed by atoms with Crippen molar-refractivity contribution in [3.8, 4) is 0 Å². The van der Waals surface area contributed by atoms with E-state index < -0.39 is 10.0 Å². The van der Waals surface area contributed by atoms with Crippen LogP contribution in [0.1, 0.15) is 20.3 Å². The van der Waals surface area contributed by atoms with Crippen LogP contribution in [0.3, 0.4) is 0 Å². The average molecular weight is 460 g/mol. The molecule has 1 aliphatic heterocycles. The molecule has 0 saturated carbocycles. The van der Waals surface area contributed by atoms with Crippen LogP contribution in [0.2, 0.25) is 0 Å². The van der Waals surface area contributed by atoms with Gasteiger partial charge >= 0.3 is 0 Å². The smallest absolute Gasteiger partial charge is 0.243 e. The zero-order valence-electron chi connectivity index (χ0n) is 17.4. The fourth-order valence-electron chi connectivity index (χ4n) is 3.91. The summed E-state index contributed by atoms with van der Waals surface area (Å²) in [6.45, 7) is 5.24. The number of carbonyl (C=O) groups excluding carboxylic acids is 1. The van der Waals surface area contributed by atoms with Crippen LogP contribution in [0.25, 0.3) is 5.65 Å². The molecular formula is C21H25N5O3S2. The predicted octanol–water partition coefficient (Wildman–Crippen LogP) is 3.13. The molecule has 1 amide bonds. The number of hydrogen-bond donors (Lipinski definition) is 1. The molecule has 3 heterocycles. The summed E-state index contributed by atoms with van der Waals surface area (Å²) in [6, 6.07) is 11.9. The van der Waals surface area contributed by atoms with E-state index in [-0.39, 0.29) is 16.6 Å². The highest BCUT2D eigenvalue weighted by molar-refractivity contribution is 7.99. The van der Waals surface area contributed by atoms with Crippen LogP contribution in [0.15, 0.2) is 58.7 Å². The number of anilines is 1. The number of amides is 1. The first kappa shape index (κ1) is 21.8. The van der Waals surface area contributed by atoms with Gasteiger partial charge in [0.15, 0.2) is 10.8 Å². The van der Waals surface area contributed by atoms with Crippen molar-refractivity contribution < 1.29 is 13.2 Å². The first-order valence-corrected chi connectivity index (χ1v) is 12.6. The summed E-state index contributed by atoms with van der Waals surface area (Å²) >= 11 is 1.29. The van der Waals surface area contributed by atoms with Gasteiger partial charge in [0, 0.05) is 25.0 Å². The lowest BCUT2D eigenvalue weighted by molar-refractivity contribution is -0.113. The summed E-state index contributed by atoms with van der Waals surface area (Å²) in [6.07, 6.45) is 2.89. The van der Waals surface area contributed by atoms with E-state index in [9.17, 15) is 13.2 Å². The number of hydrogen-bond acceptors (Lipinski definition) is 6. The summed E-state index contributed by atoms with van der Waals surface area (Å²) in [7, 11) is -3.54. The van der Waals surface area contributed by atoms with Gasteiger partial charge in [0.25, 0.3) is 0 Å². The van der Waals surface area contributed by atoms with Gasteiger partial charge in [0.05, 0.1) is 10.6 Å². The number of benzene rings is 1. The van der Waals surface area contributed by atoms with Crippen LogP contribution >= 0.6 is 11.8 Å². The normalized spacial score (nSPS) is 20.1. The maximum atomic E-state index is 13.0. The predicted molar refractivity (Wildman–Crippen MR) is 120 cm³/mol. The molecule has 1 aromatic carbocycles. The van der Waals surface area contributed by atoms with E-state index in [1.807, 2.05) is 28.8 Å². The fourth-order valence-corrected chi connectivity index (χ4v) is 6.31. The van der Waals surface area contributed by atoms with E-state index in [1.165, 1.54) is 11.8 Å². The Bertz CT molecular complexity index is 1170. The number of pyridine rings is 1. The minimum atomic E-state index is -3.54. The van der Waals surface area contributed by atoms with Crippen molar-refractivity contribution in [1.82, 2.24) is 18.9 Å². The number of sulfonamides is 1. The van der Waals surface area contributed by atoms with E-state index in [4.69, 9.17) is 0 Å². The standard InChI is InChI=1S/C21H25N5O3S2/c1-15-11-16(2)13-25(12-15)31(28,29)18-8-6-17(7-9-18)22-20(27)14-30-21-24-23-19-5-3-4-10-26(19)21/h3-10,15-16H,11-14H2,1-2H3,(H,22,27). The summed E-state index contributed by atoms with van der Waals surface area (Å²) in [5.74, 6) is 0.653. The van der Waals surface area contributed by atoms with Crippen molar-refractivity contribution in [3.63, 3.8) is 0 Å². The van der Waals surface area contributed by atoms with Gasteiger partial charge < -0.3 is 5.32 Å². The lowest BCUT2D eigenvalue weighted by atomic mass is 9.94. The second-order valence-electron chi connectivity index (χ2n) is 8.04. The maximum absolute atomic E-state index is 13.0. The number of thioether (sulfide) groups is 1. The first-order chi connectivity index (χ1) is 14.8. The molecule has 2 atom stereocenters. The van der Waals surface area contributed by atoms with E-state index in [0.717, 1.165) is 12.1 Å². The number of carbonyl (C=O) groups is 1. The molecule has 10 heteroatoms. The average Bonchev–Trinajstić information content (AvgIpc) is 3.15. The zero-order valence-corrected chi connectivity index (χ0v) is 19.1. The third-order valence-electron chi connectivity index (χ3n) is 5.23. The highest BCUT2D eigenvalue weighted by Gasteiger charge is 2.31. The van der Waals surface area contributed by atoms with Crippen molar-refractivity contribution >= 4 is 39.0 Å². The minimum Gasteiger partial charge on any atom is -0.325 e. The minimum absolute atomic E-state index is 0.166. The molecule has 0 bridgehead atoms. The number of aromatic nitrogens is 3. The Morgan fingerprint density at radius 1 is 1.10 bits per heavy atom. The van der Waals surface area contributed by atoms with Gasteiger partial charge in [-0.2, -0.15) is 4.31 Å². The molecule has 164 valence electrons. The Morgan fingerprint density at radius 3 is 2.52 bits per heavy atom. The second kappa shape index (κ2) is 8.97. The highest BCUT2D eigenvalue weighted by atomic mass is 32.2. The Balaban J connectivity index is 1.37. The number of nitrogens with zero attached hydrogens (tertiary/aromatic N) is 4. The van der Waals surface area contributed by atoms with Crippen molar-refractivity contribution in [2.24, 2.45) is 11.8 Å². The number of fused-ring (bicyclic) bond motifs is 1. The summed E-state index contributed by atoms with van der Waals surface area (Å²) in [4.78, 5) is 12.6. The molecule has 1 N–H and O–H groups in total. The van der Waals surface area contributed by atoms with E-state index in [2.05, 4.69) is 29.4 Å². The topological polar surface area (TPSA) is 96.7 Å². The fraction of sp³-hybridized carbons (Fsp3) is 0.381. The lowest BCUT2D eigenvalue weighted by Gasteiger charge is -2.34. The Kier molecular flexibility index (Phi) is 6.31. The van der Waals surface area contributed by atoms with Gasteiger partial charge in [-0.25, -0.2) is 8.42 Å². The zero-order chi connectivity index (χ0) is 22.0. The second-order valence-corrected chi connectivity index (χ2v) is 10.9. The monoisotopic (exact) mass is 459 g/mol. The molecule has 3 aromatic rings. The first-order valence-electron chi connectivity index (χ1n) is 10.2. The van der Waals surface area contributed by atoms with Gasteiger partial charge in [-0.05, 0) is 54.7 Å². The van der Waals surface area contributed by atoms with Crippen molar-refractivity contribution in [2.75, 3.05) is 24.2 Å². The third-order valence-corrected chi connectivity index (χ3v) is 8.01. The lowest BCUT2D eigenvalue weighted by Crippen LogP contribution is -2.42. The van der Waals surface area contributed by atoms with Crippen LogP contribution in [-0.4, -0.2) is 52.1 Å². The largest absolute Gasteiger partial charge is 0.325 e. The Labute approximate surface area is 186 Å². The molecule has 8 nitrogen and oxygen atoms in total. The summed E-state index contributed by atoms with van der Waals surface area (Å²) < 4.78 is 29.3. The summed E-state index contributed by atoms with van der Waals surface area (Å²) in [5.41, 5.74) is 1.27. The Hall–Kier alpha value is -2.43. The molecule has 2 unspecified atom stereocenters.